The van der Waals surface area contributed by atoms with Crippen LogP contribution >= 0.6 is 11.6 Å². The Balaban J connectivity index is 1.33. The Kier molecular flexibility index (Phi) is 6.49. The van der Waals surface area contributed by atoms with Gasteiger partial charge in [-0.2, -0.15) is 0 Å². The molecule has 2 aliphatic rings. The van der Waals surface area contributed by atoms with Crippen LogP contribution in [0, 0.1) is 18.8 Å². The first-order valence-corrected chi connectivity index (χ1v) is 11.1. The number of fused-ring (bicyclic) bond motifs is 1. The van der Waals surface area contributed by atoms with Crippen molar-refractivity contribution in [2.75, 3.05) is 32.7 Å². The lowest BCUT2D eigenvalue weighted by molar-refractivity contribution is 0.0773. The lowest BCUT2D eigenvalue weighted by Crippen LogP contribution is -2.35. The molecule has 3 atom stereocenters. The van der Waals surface area contributed by atoms with Crippen LogP contribution in [0.1, 0.15) is 33.9 Å². The fourth-order valence-corrected chi connectivity index (χ4v) is 5.27. The monoisotopic (exact) mass is 441 g/mol. The lowest BCUT2D eigenvalue weighted by atomic mass is 10.0. The molecule has 164 valence electrons. The Bertz CT molecular complexity index is 918. The van der Waals surface area contributed by atoms with Crippen LogP contribution in [0.5, 0.6) is 0 Å². The first-order chi connectivity index (χ1) is 14.9. The number of nitrogens with zero attached hydrogens (tertiary/aromatic N) is 2. The van der Waals surface area contributed by atoms with E-state index in [0.29, 0.717) is 22.4 Å². The molecule has 31 heavy (non-hydrogen) atoms. The van der Waals surface area contributed by atoms with Gasteiger partial charge < -0.3 is 20.2 Å². The maximum Gasteiger partial charge on any atom is 0.405 e. The summed E-state index contributed by atoms with van der Waals surface area (Å²) >= 11 is 6.30. The molecule has 7 heteroatoms. The van der Waals surface area contributed by atoms with Crippen molar-refractivity contribution in [3.8, 4) is 0 Å². The van der Waals surface area contributed by atoms with Crippen molar-refractivity contribution in [3.05, 3.63) is 70.2 Å². The summed E-state index contributed by atoms with van der Waals surface area (Å²) in [4.78, 5) is 28.6. The van der Waals surface area contributed by atoms with E-state index in [1.807, 2.05) is 54.3 Å². The molecule has 0 aliphatic carbocycles. The zero-order valence-corrected chi connectivity index (χ0v) is 18.4. The van der Waals surface area contributed by atoms with Gasteiger partial charge in [-0.25, -0.2) is 4.79 Å². The van der Waals surface area contributed by atoms with Gasteiger partial charge in [-0.05, 0) is 42.4 Å². The summed E-state index contributed by atoms with van der Waals surface area (Å²) in [5, 5.41) is 12.4. The fraction of sp³-hybridized carbons (Fsp3) is 0.417. The molecule has 6 nitrogen and oxygen atoms in total. The van der Waals surface area contributed by atoms with E-state index in [4.69, 9.17) is 11.6 Å². The van der Waals surface area contributed by atoms with E-state index in [1.54, 1.807) is 6.07 Å². The molecule has 2 unspecified atom stereocenters. The number of rotatable bonds is 6. The second-order valence-electron chi connectivity index (χ2n) is 8.62. The number of carbonyl (C=O) groups is 2. The van der Waals surface area contributed by atoms with E-state index >= 15 is 0 Å². The van der Waals surface area contributed by atoms with Gasteiger partial charge in [0.25, 0.3) is 5.91 Å². The Hall–Kier alpha value is -2.57. The zero-order valence-electron chi connectivity index (χ0n) is 17.6. The Labute approximate surface area is 187 Å². The number of carbonyl (C=O) groups excluding carboxylic acids is 1. The lowest BCUT2D eigenvalue weighted by Gasteiger charge is -2.24. The van der Waals surface area contributed by atoms with Gasteiger partial charge in [0.1, 0.15) is 0 Å². The zero-order chi connectivity index (χ0) is 22.0. The minimum Gasteiger partial charge on any atom is -0.465 e. The molecule has 0 aromatic heterocycles. The molecule has 4 rings (SSSR count). The summed E-state index contributed by atoms with van der Waals surface area (Å²) in [6, 6.07) is 15.0. The number of amides is 2. The Morgan fingerprint density at radius 1 is 1.06 bits per heavy atom. The van der Waals surface area contributed by atoms with Crippen LogP contribution < -0.4 is 5.32 Å². The third-order valence-electron chi connectivity index (χ3n) is 6.52. The van der Waals surface area contributed by atoms with Gasteiger partial charge in [0.05, 0.1) is 16.6 Å². The van der Waals surface area contributed by atoms with Gasteiger partial charge in [-0.15, -0.1) is 0 Å². The molecule has 2 N–H and O–H groups in total. The maximum absolute atomic E-state index is 13.0. The van der Waals surface area contributed by atoms with Crippen molar-refractivity contribution in [1.82, 2.24) is 15.1 Å². The average molecular weight is 442 g/mol. The normalized spacial score (nSPS) is 21.7. The highest BCUT2D eigenvalue weighted by Gasteiger charge is 2.42. The first kappa shape index (κ1) is 21.7. The second kappa shape index (κ2) is 9.28. The number of hydrogen-bond donors (Lipinski definition) is 2. The molecule has 2 fully saturated rings. The minimum absolute atomic E-state index is 0.0267. The number of hydrogen-bond acceptors (Lipinski definition) is 3. The van der Waals surface area contributed by atoms with Crippen LogP contribution in [0.2, 0.25) is 5.02 Å². The highest BCUT2D eigenvalue weighted by Crippen LogP contribution is 2.33. The topological polar surface area (TPSA) is 72.9 Å². The van der Waals surface area contributed by atoms with Gasteiger partial charge in [0, 0.05) is 32.7 Å². The van der Waals surface area contributed by atoms with Crippen molar-refractivity contribution >= 4 is 23.6 Å². The minimum atomic E-state index is -1.00. The highest BCUT2D eigenvalue weighted by atomic mass is 35.5. The van der Waals surface area contributed by atoms with Gasteiger partial charge >= 0.3 is 6.09 Å². The quantitative estimate of drug-likeness (QED) is 0.709. The van der Waals surface area contributed by atoms with Crippen molar-refractivity contribution in [3.63, 3.8) is 0 Å². The Morgan fingerprint density at radius 2 is 1.74 bits per heavy atom. The van der Waals surface area contributed by atoms with E-state index in [9.17, 15) is 14.7 Å². The van der Waals surface area contributed by atoms with Gasteiger partial charge in [-0.3, -0.25) is 4.79 Å². The van der Waals surface area contributed by atoms with Crippen molar-refractivity contribution in [2.45, 2.75) is 19.4 Å². The van der Waals surface area contributed by atoms with Crippen LogP contribution in [-0.4, -0.2) is 59.6 Å². The van der Waals surface area contributed by atoms with Crippen LogP contribution in [0.25, 0.3) is 0 Å². The molecule has 0 spiro atoms. The van der Waals surface area contributed by atoms with Gasteiger partial charge in [0.15, 0.2) is 0 Å². The summed E-state index contributed by atoms with van der Waals surface area (Å²) in [5.74, 6) is 0.933. The standard InChI is InChI=1S/C24H28ClN3O3/c1-16-6-5-9-20(25)22(16)23(29)28-14-18-12-27(13-19(18)15-28)11-10-21(26-24(30)31)17-7-3-2-4-8-17/h2-9,18-19,21,26H,10-15H2,1H3,(H,30,31)/t18-,19?,21?/m0/s1. The molecule has 2 aliphatic heterocycles. The van der Waals surface area contributed by atoms with Crippen molar-refractivity contribution < 1.29 is 14.7 Å². The third-order valence-corrected chi connectivity index (χ3v) is 6.83. The van der Waals surface area contributed by atoms with Crippen molar-refractivity contribution in [2.24, 2.45) is 11.8 Å². The summed E-state index contributed by atoms with van der Waals surface area (Å²) in [6.07, 6.45) is -0.284. The largest absolute Gasteiger partial charge is 0.465 e. The molecule has 2 aromatic carbocycles. The molecular formula is C24H28ClN3O3. The number of halogens is 1. The number of nitrogens with one attached hydrogen (secondary N) is 1. The van der Waals surface area contributed by atoms with E-state index < -0.39 is 6.09 Å². The number of benzene rings is 2. The maximum atomic E-state index is 13.0. The van der Waals surface area contributed by atoms with E-state index in [-0.39, 0.29) is 11.9 Å². The molecule has 0 radical (unpaired) electrons. The molecule has 0 saturated carbocycles. The predicted molar refractivity (Wildman–Crippen MR) is 120 cm³/mol. The summed E-state index contributed by atoms with van der Waals surface area (Å²) in [6.45, 7) is 6.12. The molecule has 2 amide bonds. The Morgan fingerprint density at radius 3 is 2.35 bits per heavy atom. The molecule has 2 saturated heterocycles. The van der Waals surface area contributed by atoms with Gasteiger partial charge in [-0.1, -0.05) is 54.1 Å². The molecule has 0 bridgehead atoms. The molecule has 2 heterocycles. The third kappa shape index (κ3) is 4.86. The average Bonchev–Trinajstić information content (AvgIpc) is 3.30. The SMILES string of the molecule is Cc1cccc(Cl)c1C(=O)N1CC2CN(CCC(NC(=O)O)c3ccccc3)C[C@H]2C1. The van der Waals surface area contributed by atoms with Crippen LogP contribution in [0.4, 0.5) is 4.79 Å². The number of aryl methyl sites for hydroxylation is 1. The number of likely N-dealkylation sites (tertiary alicyclic amines) is 2. The second-order valence-corrected chi connectivity index (χ2v) is 9.03. The first-order valence-electron chi connectivity index (χ1n) is 10.7. The van der Waals surface area contributed by atoms with Crippen LogP contribution in [0.15, 0.2) is 48.5 Å². The van der Waals surface area contributed by atoms with Crippen LogP contribution in [-0.2, 0) is 0 Å². The number of carboxylic acid groups (broad SMARTS) is 1. The van der Waals surface area contributed by atoms with Crippen molar-refractivity contribution in [1.29, 1.82) is 0 Å². The molecule has 2 aromatic rings. The summed E-state index contributed by atoms with van der Waals surface area (Å²) in [5.41, 5.74) is 2.51. The van der Waals surface area contributed by atoms with E-state index in [0.717, 1.165) is 50.3 Å². The molecular weight excluding hydrogens is 414 g/mol. The van der Waals surface area contributed by atoms with E-state index in [1.165, 1.54) is 0 Å². The fourth-order valence-electron chi connectivity index (χ4n) is 4.97. The smallest absolute Gasteiger partial charge is 0.405 e. The highest BCUT2D eigenvalue weighted by molar-refractivity contribution is 6.34. The predicted octanol–water partition coefficient (Wildman–Crippen LogP) is 4.05. The van der Waals surface area contributed by atoms with E-state index in [2.05, 4.69) is 10.2 Å². The summed E-state index contributed by atoms with van der Waals surface area (Å²) < 4.78 is 0. The summed E-state index contributed by atoms with van der Waals surface area (Å²) in [7, 11) is 0. The van der Waals surface area contributed by atoms with Crippen LogP contribution in [0.3, 0.4) is 0 Å². The van der Waals surface area contributed by atoms with Gasteiger partial charge in [0.2, 0.25) is 0 Å².